The van der Waals surface area contributed by atoms with E-state index in [0.29, 0.717) is 37.9 Å². The van der Waals surface area contributed by atoms with Crippen LogP contribution in [0.1, 0.15) is 83.1 Å². The molecule has 4 aliphatic rings. The lowest BCUT2D eigenvalue weighted by molar-refractivity contribution is -0.254. The summed E-state index contributed by atoms with van der Waals surface area (Å²) < 4.78 is 10.8. The highest BCUT2D eigenvalue weighted by Crippen LogP contribution is 2.71. The van der Waals surface area contributed by atoms with Gasteiger partial charge in [-0.15, -0.1) is 0 Å². The van der Waals surface area contributed by atoms with Crippen LogP contribution in [0, 0.1) is 22.7 Å². The molecule has 0 aliphatic heterocycles. The summed E-state index contributed by atoms with van der Waals surface area (Å²) in [5, 5.41) is 64.6. The van der Waals surface area contributed by atoms with E-state index in [4.69, 9.17) is 9.15 Å². The van der Waals surface area contributed by atoms with Crippen molar-refractivity contribution in [3.8, 4) is 0 Å². The van der Waals surface area contributed by atoms with Gasteiger partial charge in [-0.25, -0.2) is 9.59 Å². The predicted octanol–water partition coefficient (Wildman–Crippen LogP) is 1.71. The van der Waals surface area contributed by atoms with Crippen molar-refractivity contribution in [2.24, 2.45) is 22.7 Å². The van der Waals surface area contributed by atoms with E-state index < -0.39 is 64.1 Å². The second-order valence-electron chi connectivity index (χ2n) is 13.7. The number of aliphatic hydroxyl groups is 6. The molecule has 0 saturated heterocycles. The smallest absolute Gasteiger partial charge is 0.338 e. The molecule has 0 radical (unpaired) electrons. The third-order valence-corrected chi connectivity index (χ3v) is 12.7. The number of thioether (sulfide) groups is 1. The molecule has 4 aliphatic carbocycles. The summed E-state index contributed by atoms with van der Waals surface area (Å²) in [6.07, 6.45) is 1.21. The van der Waals surface area contributed by atoms with Gasteiger partial charge in [0.15, 0.2) is 6.10 Å². The van der Waals surface area contributed by atoms with Gasteiger partial charge in [0, 0.05) is 29.1 Å². The number of aliphatic hydroxyl groups excluding tert-OH is 4. The molecule has 5 rings (SSSR count). The van der Waals surface area contributed by atoms with Crippen LogP contribution in [-0.4, -0.2) is 90.3 Å². The van der Waals surface area contributed by atoms with Crippen molar-refractivity contribution >= 4 is 17.7 Å². The fourth-order valence-electron chi connectivity index (χ4n) is 9.59. The number of esters is 1. The van der Waals surface area contributed by atoms with Gasteiger partial charge in [0.25, 0.3) is 0 Å². The van der Waals surface area contributed by atoms with Gasteiger partial charge >= 0.3 is 11.6 Å². The SMILES string of the molecule is CSC[C@]12CC[C@H](OC(=O)[C@H](O)[C@H](O)[C@@H](O)[C@H](C)O)C[C@@]1(O)CC[C@@H]1[C@@H]2CC[C@]2(C)[C@@H](c3ccc(=O)oc3)CC[C@]12O. The van der Waals surface area contributed by atoms with E-state index in [2.05, 4.69) is 6.92 Å². The van der Waals surface area contributed by atoms with Gasteiger partial charge in [-0.05, 0) is 93.9 Å². The van der Waals surface area contributed by atoms with Crippen LogP contribution in [-0.2, 0) is 9.53 Å². The van der Waals surface area contributed by atoms with E-state index in [0.717, 1.165) is 24.8 Å². The fraction of sp³-hybridized carbons (Fsp3) is 0.806. The highest BCUT2D eigenvalue weighted by molar-refractivity contribution is 7.98. The van der Waals surface area contributed by atoms with E-state index in [9.17, 15) is 40.2 Å². The lowest BCUT2D eigenvalue weighted by Crippen LogP contribution is -2.69. The Labute approximate surface area is 250 Å². The van der Waals surface area contributed by atoms with Gasteiger partial charge in [-0.2, -0.15) is 11.8 Å². The van der Waals surface area contributed by atoms with E-state index in [1.165, 1.54) is 19.3 Å². The first kappa shape index (κ1) is 31.9. The van der Waals surface area contributed by atoms with Crippen LogP contribution in [0.3, 0.4) is 0 Å². The number of hydrogen-bond acceptors (Lipinski definition) is 11. The molecule has 0 amide bonds. The van der Waals surface area contributed by atoms with Crippen LogP contribution in [0.4, 0.5) is 0 Å². The zero-order valence-corrected chi connectivity index (χ0v) is 25.5. The highest BCUT2D eigenvalue weighted by atomic mass is 32.2. The van der Waals surface area contributed by atoms with Gasteiger partial charge in [0.2, 0.25) is 0 Å². The standard InChI is InChI=1S/C31H46O10S/c1-17(32)24(34)25(35)26(36)27(37)41-19-6-11-29(16-42-3)21-7-10-28(2)20(18-4-5-23(33)40-15-18)9-13-31(28,39)22(21)8-12-30(29,38)14-19/h4-5,15,17,19-22,24-26,32,34-36,38-39H,6-14,16H2,1-3H3/t17-,19-,20+,21-,22+,24-,25+,26+,28+,29-,30-,31-/m0/s1. The molecule has 0 spiro atoms. The van der Waals surface area contributed by atoms with Gasteiger partial charge in [-0.1, -0.05) is 6.92 Å². The zero-order valence-electron chi connectivity index (χ0n) is 24.6. The quantitative estimate of drug-likeness (QED) is 0.236. The summed E-state index contributed by atoms with van der Waals surface area (Å²) in [4.78, 5) is 24.3. The van der Waals surface area contributed by atoms with Crippen LogP contribution >= 0.6 is 11.8 Å². The van der Waals surface area contributed by atoms with Crippen molar-refractivity contribution in [1.29, 1.82) is 0 Å². The van der Waals surface area contributed by atoms with Crippen LogP contribution in [0.5, 0.6) is 0 Å². The first-order valence-corrected chi connectivity index (χ1v) is 16.6. The topological polar surface area (TPSA) is 178 Å². The number of rotatable bonds is 8. The molecule has 1 aromatic heterocycles. The molecule has 236 valence electrons. The Morgan fingerprint density at radius 2 is 1.74 bits per heavy atom. The fourth-order valence-corrected chi connectivity index (χ4v) is 10.7. The number of carbonyl (C=O) groups is 1. The van der Waals surface area contributed by atoms with E-state index in [1.54, 1.807) is 11.8 Å². The van der Waals surface area contributed by atoms with E-state index >= 15 is 0 Å². The maximum atomic E-state index is 12.7. The second kappa shape index (κ2) is 11.5. The molecule has 10 nitrogen and oxygen atoms in total. The Morgan fingerprint density at radius 1 is 1.02 bits per heavy atom. The molecule has 11 heteroatoms. The molecule has 4 fully saturated rings. The summed E-state index contributed by atoms with van der Waals surface area (Å²) >= 11 is 1.67. The molecule has 0 unspecified atom stereocenters. The largest absolute Gasteiger partial charge is 0.460 e. The average molecular weight is 611 g/mol. The van der Waals surface area contributed by atoms with Crippen LogP contribution in [0.25, 0.3) is 0 Å². The molecule has 1 heterocycles. The van der Waals surface area contributed by atoms with Gasteiger partial charge in [-0.3, -0.25) is 0 Å². The molecule has 42 heavy (non-hydrogen) atoms. The Kier molecular flexibility index (Phi) is 8.72. The summed E-state index contributed by atoms with van der Waals surface area (Å²) in [6, 6.07) is 3.26. The van der Waals surface area contributed by atoms with Crippen molar-refractivity contribution < 1.29 is 44.6 Å². The number of fused-ring (bicyclic) bond motifs is 5. The van der Waals surface area contributed by atoms with Crippen LogP contribution < -0.4 is 5.63 Å². The van der Waals surface area contributed by atoms with Gasteiger partial charge < -0.3 is 39.8 Å². The second-order valence-corrected chi connectivity index (χ2v) is 14.6. The monoisotopic (exact) mass is 610 g/mol. The predicted molar refractivity (Wildman–Crippen MR) is 155 cm³/mol. The normalized spacial score (nSPS) is 42.4. The van der Waals surface area contributed by atoms with Crippen molar-refractivity contribution in [3.63, 3.8) is 0 Å². The van der Waals surface area contributed by atoms with E-state index in [1.807, 2.05) is 12.3 Å². The van der Waals surface area contributed by atoms with Crippen LogP contribution in [0.15, 0.2) is 27.6 Å². The van der Waals surface area contributed by atoms with Gasteiger partial charge in [0.05, 0.1) is 23.6 Å². The molecule has 0 aromatic carbocycles. The maximum absolute atomic E-state index is 12.7. The molecular weight excluding hydrogens is 564 g/mol. The average Bonchev–Trinajstić information content (AvgIpc) is 3.23. The summed E-state index contributed by atoms with van der Waals surface area (Å²) in [7, 11) is 0. The number of carbonyl (C=O) groups excluding carboxylic acids is 1. The summed E-state index contributed by atoms with van der Waals surface area (Å²) in [5.41, 5.74) is -2.42. The molecule has 12 atom stereocenters. The van der Waals surface area contributed by atoms with Crippen LogP contribution in [0.2, 0.25) is 0 Å². The Morgan fingerprint density at radius 3 is 2.38 bits per heavy atom. The van der Waals surface area contributed by atoms with Crippen molar-refractivity contribution in [1.82, 2.24) is 0 Å². The van der Waals surface area contributed by atoms with Crippen molar-refractivity contribution in [3.05, 3.63) is 34.4 Å². The third kappa shape index (κ3) is 4.87. The summed E-state index contributed by atoms with van der Waals surface area (Å²) in [5.74, 6) is -0.275. The Hall–Kier alpha value is -1.47. The zero-order chi connectivity index (χ0) is 30.7. The van der Waals surface area contributed by atoms with Crippen molar-refractivity contribution in [2.75, 3.05) is 12.0 Å². The van der Waals surface area contributed by atoms with Gasteiger partial charge in [0.1, 0.15) is 18.3 Å². The van der Waals surface area contributed by atoms with E-state index in [-0.39, 0.29) is 24.2 Å². The molecule has 0 bridgehead atoms. The van der Waals surface area contributed by atoms with Crippen molar-refractivity contribution in [2.45, 2.75) is 119 Å². The molecular formula is C31H46O10S. The minimum absolute atomic E-state index is 0.0116. The number of ether oxygens (including phenoxy) is 1. The molecule has 1 aromatic rings. The minimum atomic E-state index is -2.03. The lowest BCUT2D eigenvalue weighted by atomic mass is 9.42. The Balaban J connectivity index is 1.36. The first-order valence-electron chi connectivity index (χ1n) is 15.2. The lowest BCUT2D eigenvalue weighted by Gasteiger charge is -2.67. The molecule has 4 saturated carbocycles. The summed E-state index contributed by atoms with van der Waals surface area (Å²) in [6.45, 7) is 3.40. The highest BCUT2D eigenvalue weighted by Gasteiger charge is 2.71. The maximum Gasteiger partial charge on any atom is 0.338 e. The number of hydrogen-bond donors (Lipinski definition) is 6. The first-order chi connectivity index (χ1) is 19.7. The third-order valence-electron chi connectivity index (χ3n) is 11.8. The molecule has 6 N–H and O–H groups in total. The minimum Gasteiger partial charge on any atom is -0.460 e. The Bertz CT molecular complexity index is 1190.